The predicted molar refractivity (Wildman–Crippen MR) is 110 cm³/mol. The Balaban J connectivity index is 5.74. The standard InChI is InChI=1S/C19H38N2O5Si/c1-12-13-21(17(23)26-18(2,3)4)15(16(22)20(8)24-9)14-25-27(10,11)19(5,6)7/h12,15H,1,13-14H2,2-11H3/t15-/m1/s1. The van der Waals surface area contributed by atoms with Crippen LogP contribution in [0.2, 0.25) is 18.1 Å². The highest BCUT2D eigenvalue weighted by Crippen LogP contribution is 2.36. The van der Waals surface area contributed by atoms with E-state index in [0.29, 0.717) is 0 Å². The van der Waals surface area contributed by atoms with Crippen molar-refractivity contribution in [2.45, 2.75) is 71.3 Å². The maximum atomic E-state index is 12.9. The van der Waals surface area contributed by atoms with Crippen molar-refractivity contribution in [2.75, 3.05) is 27.3 Å². The van der Waals surface area contributed by atoms with Crippen molar-refractivity contribution in [3.63, 3.8) is 0 Å². The number of hydrogen-bond acceptors (Lipinski definition) is 5. The second-order valence-electron chi connectivity index (χ2n) is 9.03. The normalized spacial score (nSPS) is 13.7. The van der Waals surface area contributed by atoms with Crippen LogP contribution in [0.25, 0.3) is 0 Å². The van der Waals surface area contributed by atoms with Crippen LogP contribution in [0.3, 0.4) is 0 Å². The van der Waals surface area contributed by atoms with Crippen molar-refractivity contribution in [3.8, 4) is 0 Å². The van der Waals surface area contributed by atoms with Crippen LogP contribution in [0, 0.1) is 0 Å². The van der Waals surface area contributed by atoms with Crippen molar-refractivity contribution in [1.29, 1.82) is 0 Å². The van der Waals surface area contributed by atoms with Gasteiger partial charge in [-0.05, 0) is 38.9 Å². The highest BCUT2D eigenvalue weighted by atomic mass is 28.4. The molecular weight excluding hydrogens is 364 g/mol. The van der Waals surface area contributed by atoms with E-state index in [-0.39, 0.29) is 24.1 Å². The molecule has 0 spiro atoms. The summed E-state index contributed by atoms with van der Waals surface area (Å²) in [4.78, 5) is 32.0. The van der Waals surface area contributed by atoms with E-state index in [1.54, 1.807) is 26.8 Å². The van der Waals surface area contributed by atoms with Gasteiger partial charge in [0.15, 0.2) is 8.32 Å². The minimum atomic E-state index is -2.13. The van der Waals surface area contributed by atoms with Gasteiger partial charge in [0.2, 0.25) is 0 Å². The number of carbonyl (C=O) groups excluding carboxylic acids is 2. The van der Waals surface area contributed by atoms with Crippen LogP contribution >= 0.6 is 0 Å². The Morgan fingerprint density at radius 1 is 1.15 bits per heavy atom. The van der Waals surface area contributed by atoms with Crippen molar-refractivity contribution >= 4 is 20.3 Å². The number of carbonyl (C=O) groups is 2. The highest BCUT2D eigenvalue weighted by Gasteiger charge is 2.41. The lowest BCUT2D eigenvalue weighted by Crippen LogP contribution is -2.55. The fourth-order valence-electron chi connectivity index (χ4n) is 1.89. The SMILES string of the molecule is C=CCN(C(=O)OC(C)(C)C)[C@H](CO[Si](C)(C)C(C)(C)C)C(=O)N(C)OC. The molecule has 0 aliphatic rings. The van der Waals surface area contributed by atoms with E-state index in [1.807, 2.05) is 0 Å². The third kappa shape index (κ3) is 8.02. The van der Waals surface area contributed by atoms with Crippen LogP contribution in [-0.4, -0.2) is 69.2 Å². The van der Waals surface area contributed by atoms with E-state index in [1.165, 1.54) is 19.1 Å². The van der Waals surface area contributed by atoms with Gasteiger partial charge in [-0.3, -0.25) is 14.5 Å². The van der Waals surface area contributed by atoms with Gasteiger partial charge >= 0.3 is 6.09 Å². The molecule has 8 heteroatoms. The molecular formula is C19H38N2O5Si. The van der Waals surface area contributed by atoms with Gasteiger partial charge in [-0.15, -0.1) is 6.58 Å². The lowest BCUT2D eigenvalue weighted by molar-refractivity contribution is -0.175. The van der Waals surface area contributed by atoms with Gasteiger partial charge < -0.3 is 9.16 Å². The first-order valence-corrected chi connectivity index (χ1v) is 12.0. The average molecular weight is 403 g/mol. The summed E-state index contributed by atoms with van der Waals surface area (Å²) in [5, 5.41) is 1.07. The molecule has 0 aromatic heterocycles. The van der Waals surface area contributed by atoms with Crippen molar-refractivity contribution in [2.24, 2.45) is 0 Å². The Morgan fingerprint density at radius 3 is 2.04 bits per heavy atom. The lowest BCUT2D eigenvalue weighted by Gasteiger charge is -2.39. The van der Waals surface area contributed by atoms with Gasteiger partial charge in [-0.1, -0.05) is 26.8 Å². The molecule has 0 aromatic carbocycles. The molecule has 0 unspecified atom stereocenters. The molecule has 0 rings (SSSR count). The van der Waals surface area contributed by atoms with Crippen molar-refractivity contribution < 1.29 is 23.6 Å². The third-order valence-electron chi connectivity index (χ3n) is 4.61. The Morgan fingerprint density at radius 2 is 1.67 bits per heavy atom. The van der Waals surface area contributed by atoms with Crippen LogP contribution in [0.15, 0.2) is 12.7 Å². The molecule has 1 atom stereocenters. The first-order valence-electron chi connectivity index (χ1n) is 9.13. The van der Waals surface area contributed by atoms with Crippen LogP contribution in [0.4, 0.5) is 4.79 Å². The summed E-state index contributed by atoms with van der Waals surface area (Å²) < 4.78 is 11.7. The predicted octanol–water partition coefficient (Wildman–Crippen LogP) is 3.82. The fourth-order valence-corrected chi connectivity index (χ4v) is 2.89. The van der Waals surface area contributed by atoms with Crippen molar-refractivity contribution in [1.82, 2.24) is 9.96 Å². The molecule has 0 fully saturated rings. The minimum absolute atomic E-state index is 0.0249. The quantitative estimate of drug-likeness (QED) is 0.351. The smallest absolute Gasteiger partial charge is 0.411 e. The molecule has 7 nitrogen and oxygen atoms in total. The second kappa shape index (κ2) is 9.70. The van der Waals surface area contributed by atoms with Crippen molar-refractivity contribution in [3.05, 3.63) is 12.7 Å². The Hall–Kier alpha value is -1.38. The van der Waals surface area contributed by atoms with Gasteiger partial charge in [0.1, 0.15) is 11.6 Å². The minimum Gasteiger partial charge on any atom is -0.444 e. The average Bonchev–Trinajstić information content (AvgIpc) is 2.49. The summed E-state index contributed by atoms with van der Waals surface area (Å²) in [6, 6.07) is -0.878. The first kappa shape index (κ1) is 25.6. The summed E-state index contributed by atoms with van der Waals surface area (Å²) in [6.45, 7) is 19.8. The molecule has 0 N–H and O–H groups in total. The van der Waals surface area contributed by atoms with E-state index in [0.717, 1.165) is 5.06 Å². The van der Waals surface area contributed by atoms with E-state index in [9.17, 15) is 9.59 Å². The zero-order chi connectivity index (χ0) is 21.6. The number of hydroxylamine groups is 2. The van der Waals surface area contributed by atoms with E-state index in [4.69, 9.17) is 14.0 Å². The number of nitrogens with zero attached hydrogens (tertiary/aromatic N) is 2. The molecule has 0 heterocycles. The summed E-state index contributed by atoms with van der Waals surface area (Å²) in [5.41, 5.74) is -0.683. The lowest BCUT2D eigenvalue weighted by atomic mass is 10.2. The summed E-state index contributed by atoms with van der Waals surface area (Å²) in [5.74, 6) is -0.385. The first-order chi connectivity index (χ1) is 12.1. The van der Waals surface area contributed by atoms with E-state index >= 15 is 0 Å². The Kier molecular flexibility index (Phi) is 9.21. The monoisotopic (exact) mass is 402 g/mol. The van der Waals surface area contributed by atoms with Crippen LogP contribution in [0.1, 0.15) is 41.5 Å². The maximum absolute atomic E-state index is 12.9. The second-order valence-corrected chi connectivity index (χ2v) is 13.8. The van der Waals surface area contributed by atoms with Gasteiger partial charge in [0.25, 0.3) is 5.91 Å². The molecule has 0 bridgehead atoms. The number of ether oxygens (including phenoxy) is 1. The Bertz CT molecular complexity index is 523. The fraction of sp³-hybridized carbons (Fsp3) is 0.789. The highest BCUT2D eigenvalue weighted by molar-refractivity contribution is 6.74. The van der Waals surface area contributed by atoms with Crippen LogP contribution in [0.5, 0.6) is 0 Å². The zero-order valence-electron chi connectivity index (χ0n) is 18.7. The van der Waals surface area contributed by atoms with E-state index < -0.39 is 26.1 Å². The number of rotatable bonds is 8. The van der Waals surface area contributed by atoms with Gasteiger partial charge in [0, 0.05) is 13.6 Å². The molecule has 0 aliphatic carbocycles. The van der Waals surface area contributed by atoms with E-state index in [2.05, 4.69) is 40.4 Å². The van der Waals surface area contributed by atoms with Crippen LogP contribution in [-0.2, 0) is 18.8 Å². The van der Waals surface area contributed by atoms with Gasteiger partial charge in [-0.25, -0.2) is 9.86 Å². The number of hydrogen-bond donors (Lipinski definition) is 0. The molecule has 2 amide bonds. The summed E-state index contributed by atoms with van der Waals surface area (Å²) in [6.07, 6.45) is 0.965. The molecule has 0 saturated heterocycles. The molecule has 0 radical (unpaired) electrons. The third-order valence-corrected chi connectivity index (χ3v) is 9.11. The number of likely N-dealkylation sites (N-methyl/N-ethyl adjacent to an activating group) is 1. The molecule has 0 aliphatic heterocycles. The zero-order valence-corrected chi connectivity index (χ0v) is 19.7. The topological polar surface area (TPSA) is 68.3 Å². The molecule has 27 heavy (non-hydrogen) atoms. The summed E-state index contributed by atoms with van der Waals surface area (Å²) >= 11 is 0. The van der Waals surface area contributed by atoms with Gasteiger partial charge in [-0.2, -0.15) is 0 Å². The van der Waals surface area contributed by atoms with Gasteiger partial charge in [0.05, 0.1) is 13.7 Å². The molecule has 158 valence electrons. The largest absolute Gasteiger partial charge is 0.444 e. The summed E-state index contributed by atoms with van der Waals surface area (Å²) in [7, 11) is 0.776. The molecule has 0 aromatic rings. The maximum Gasteiger partial charge on any atom is 0.411 e. The Labute approximate surface area is 165 Å². The number of amides is 2. The van der Waals surface area contributed by atoms with Crippen LogP contribution < -0.4 is 0 Å². The molecule has 0 saturated carbocycles.